The number of aliphatic hydroxyl groups excluding tert-OH is 1. The van der Waals surface area contributed by atoms with Gasteiger partial charge in [0.25, 0.3) is 0 Å². The number of aliphatic imine (C=N–C) groups is 1. The van der Waals surface area contributed by atoms with Crippen LogP contribution in [0.1, 0.15) is 26.3 Å². The van der Waals surface area contributed by atoms with Crippen molar-refractivity contribution < 1.29 is 24.1 Å². The van der Waals surface area contributed by atoms with Crippen LogP contribution in [0.3, 0.4) is 0 Å². The summed E-state index contributed by atoms with van der Waals surface area (Å²) in [7, 11) is 1.27. The van der Waals surface area contributed by atoms with Gasteiger partial charge in [0, 0.05) is 5.41 Å². The van der Waals surface area contributed by atoms with Gasteiger partial charge in [-0.05, 0) is 30.7 Å². The number of benzene rings is 1. The summed E-state index contributed by atoms with van der Waals surface area (Å²) < 4.78 is 16.3. The number of nitrogens with zero attached hydrogens (tertiary/aromatic N) is 1. The zero-order valence-corrected chi connectivity index (χ0v) is 14.8. The lowest BCUT2D eigenvalue weighted by molar-refractivity contribution is -0.135. The molecule has 2 aliphatic rings. The molecular formula is C19H21NO5. The molecule has 1 N–H and O–H groups in total. The summed E-state index contributed by atoms with van der Waals surface area (Å²) in [6.07, 6.45) is 1.69. The Hall–Kier alpha value is -2.76. The van der Waals surface area contributed by atoms with Crippen LogP contribution in [0, 0.1) is 5.41 Å². The van der Waals surface area contributed by atoms with E-state index in [-0.39, 0.29) is 16.7 Å². The third-order valence-electron chi connectivity index (χ3n) is 4.03. The summed E-state index contributed by atoms with van der Waals surface area (Å²) in [4.78, 5) is 16.0. The summed E-state index contributed by atoms with van der Waals surface area (Å²) >= 11 is 0. The summed E-state index contributed by atoms with van der Waals surface area (Å²) in [6, 6.07) is 5.51. The first-order valence-corrected chi connectivity index (χ1v) is 8.00. The zero-order chi connectivity index (χ0) is 18.2. The van der Waals surface area contributed by atoms with Crippen molar-refractivity contribution in [1.82, 2.24) is 0 Å². The first-order chi connectivity index (χ1) is 11.8. The smallest absolute Gasteiger partial charge is 0.343 e. The highest BCUT2D eigenvalue weighted by atomic mass is 16.5. The van der Waals surface area contributed by atoms with Gasteiger partial charge in [-0.25, -0.2) is 9.79 Å². The van der Waals surface area contributed by atoms with E-state index in [1.807, 2.05) is 18.2 Å². The molecule has 6 heteroatoms. The first-order valence-electron chi connectivity index (χ1n) is 8.00. The molecule has 0 atom stereocenters. The van der Waals surface area contributed by atoms with E-state index in [2.05, 4.69) is 23.6 Å². The molecule has 0 unspecified atom stereocenters. The SMILES string of the molecule is COC(=O)C1=C(O)/C(=C\c2ccc3c(c2)OCC(C)(C)CO3)N=C1C. The fourth-order valence-electron chi connectivity index (χ4n) is 2.63. The highest BCUT2D eigenvalue weighted by molar-refractivity contribution is 6.21. The maximum absolute atomic E-state index is 11.7. The molecule has 0 saturated carbocycles. The molecule has 3 rings (SSSR count). The number of methoxy groups -OCH3 is 1. The molecule has 2 heterocycles. The number of hydrogen-bond donors (Lipinski definition) is 1. The van der Waals surface area contributed by atoms with Gasteiger partial charge >= 0.3 is 5.97 Å². The minimum atomic E-state index is -0.608. The van der Waals surface area contributed by atoms with Crippen molar-refractivity contribution in [3.05, 3.63) is 40.8 Å². The number of carbonyl (C=O) groups excluding carboxylic acids is 1. The molecule has 0 bridgehead atoms. The quantitative estimate of drug-likeness (QED) is 0.834. The van der Waals surface area contributed by atoms with Crippen LogP contribution >= 0.6 is 0 Å². The second kappa shape index (κ2) is 6.27. The Bertz CT molecular complexity index is 817. The molecule has 0 fully saturated rings. The maximum Gasteiger partial charge on any atom is 0.343 e. The lowest BCUT2D eigenvalue weighted by atomic mass is 9.97. The number of aliphatic hydroxyl groups is 1. The number of ether oxygens (including phenoxy) is 3. The molecule has 1 aromatic carbocycles. The van der Waals surface area contributed by atoms with Crippen molar-refractivity contribution in [1.29, 1.82) is 0 Å². The van der Waals surface area contributed by atoms with E-state index in [1.54, 1.807) is 13.0 Å². The van der Waals surface area contributed by atoms with E-state index >= 15 is 0 Å². The second-order valence-corrected chi connectivity index (χ2v) is 6.89. The maximum atomic E-state index is 11.7. The average molecular weight is 343 g/mol. The number of rotatable bonds is 2. The van der Waals surface area contributed by atoms with Crippen LogP contribution in [0.15, 0.2) is 40.2 Å². The predicted molar refractivity (Wildman–Crippen MR) is 94.0 cm³/mol. The van der Waals surface area contributed by atoms with Gasteiger partial charge in [0.05, 0.1) is 26.0 Å². The van der Waals surface area contributed by atoms with Gasteiger partial charge < -0.3 is 19.3 Å². The van der Waals surface area contributed by atoms with E-state index in [4.69, 9.17) is 9.47 Å². The van der Waals surface area contributed by atoms with E-state index in [0.29, 0.717) is 36.1 Å². The molecule has 25 heavy (non-hydrogen) atoms. The molecular weight excluding hydrogens is 322 g/mol. The topological polar surface area (TPSA) is 77.4 Å². The Morgan fingerprint density at radius 2 is 1.96 bits per heavy atom. The fourth-order valence-corrected chi connectivity index (χ4v) is 2.63. The lowest BCUT2D eigenvalue weighted by Gasteiger charge is -2.19. The number of hydrogen-bond acceptors (Lipinski definition) is 6. The molecule has 0 aliphatic carbocycles. The number of fused-ring (bicyclic) bond motifs is 1. The van der Waals surface area contributed by atoms with Gasteiger partial charge in [0.15, 0.2) is 17.3 Å². The van der Waals surface area contributed by atoms with Crippen LogP contribution in [0.2, 0.25) is 0 Å². The third kappa shape index (κ3) is 3.38. The Morgan fingerprint density at radius 1 is 1.28 bits per heavy atom. The van der Waals surface area contributed by atoms with Gasteiger partial charge in [0.1, 0.15) is 11.3 Å². The molecule has 0 spiro atoms. The molecule has 0 radical (unpaired) electrons. The largest absolute Gasteiger partial charge is 0.505 e. The van der Waals surface area contributed by atoms with Crippen molar-refractivity contribution in [2.45, 2.75) is 20.8 Å². The molecule has 6 nitrogen and oxygen atoms in total. The highest BCUT2D eigenvalue weighted by Gasteiger charge is 2.28. The Kier molecular flexibility index (Phi) is 4.29. The highest BCUT2D eigenvalue weighted by Crippen LogP contribution is 2.35. The molecule has 0 aromatic heterocycles. The predicted octanol–water partition coefficient (Wildman–Crippen LogP) is 3.28. The van der Waals surface area contributed by atoms with Crippen LogP contribution in [0.25, 0.3) is 6.08 Å². The van der Waals surface area contributed by atoms with Crippen molar-refractivity contribution in [2.24, 2.45) is 10.4 Å². The van der Waals surface area contributed by atoms with Crippen molar-refractivity contribution >= 4 is 17.8 Å². The molecule has 132 valence electrons. The van der Waals surface area contributed by atoms with Gasteiger partial charge in [-0.15, -0.1) is 0 Å². The van der Waals surface area contributed by atoms with Gasteiger partial charge in [0.2, 0.25) is 0 Å². The number of esters is 1. The van der Waals surface area contributed by atoms with Crippen LogP contribution in [0.4, 0.5) is 0 Å². The third-order valence-corrected chi connectivity index (χ3v) is 4.03. The minimum Gasteiger partial charge on any atom is -0.505 e. The fraction of sp³-hybridized carbons (Fsp3) is 0.368. The van der Waals surface area contributed by atoms with Gasteiger partial charge in [-0.3, -0.25) is 0 Å². The minimum absolute atomic E-state index is 0.0685. The summed E-state index contributed by atoms with van der Waals surface area (Å²) in [5, 5.41) is 10.3. The Labute approximate surface area is 146 Å². The van der Waals surface area contributed by atoms with Crippen molar-refractivity contribution in [2.75, 3.05) is 20.3 Å². The van der Waals surface area contributed by atoms with Crippen LogP contribution in [0.5, 0.6) is 11.5 Å². The van der Waals surface area contributed by atoms with Crippen LogP contribution < -0.4 is 9.47 Å². The molecule has 1 aromatic rings. The standard InChI is InChI=1S/C19H21NO5/c1-11-16(18(22)23-4)17(21)13(20-11)7-12-5-6-14-15(8-12)25-10-19(2,3)9-24-14/h5-8,21H,9-10H2,1-4H3/b13-7+. The van der Waals surface area contributed by atoms with Crippen molar-refractivity contribution in [3.8, 4) is 11.5 Å². The van der Waals surface area contributed by atoms with Crippen LogP contribution in [-0.2, 0) is 9.53 Å². The lowest BCUT2D eigenvalue weighted by Crippen LogP contribution is -2.26. The van der Waals surface area contributed by atoms with E-state index in [0.717, 1.165) is 5.56 Å². The molecule has 2 aliphatic heterocycles. The zero-order valence-electron chi connectivity index (χ0n) is 14.8. The van der Waals surface area contributed by atoms with Crippen LogP contribution in [-0.4, -0.2) is 37.1 Å². The summed E-state index contributed by atoms with van der Waals surface area (Å²) in [5.74, 6) is 0.546. The Balaban J connectivity index is 1.92. The second-order valence-electron chi connectivity index (χ2n) is 6.89. The van der Waals surface area contributed by atoms with E-state index < -0.39 is 5.97 Å². The van der Waals surface area contributed by atoms with Crippen molar-refractivity contribution in [3.63, 3.8) is 0 Å². The molecule has 0 saturated heterocycles. The van der Waals surface area contributed by atoms with E-state index in [1.165, 1.54) is 7.11 Å². The monoisotopic (exact) mass is 343 g/mol. The summed E-state index contributed by atoms with van der Waals surface area (Å²) in [6.45, 7) is 6.94. The number of carbonyl (C=O) groups is 1. The van der Waals surface area contributed by atoms with E-state index in [9.17, 15) is 9.90 Å². The Morgan fingerprint density at radius 3 is 2.64 bits per heavy atom. The normalized spacial score (nSPS) is 20.3. The summed E-state index contributed by atoms with van der Waals surface area (Å²) in [5.41, 5.74) is 1.54. The first kappa shape index (κ1) is 17.1. The average Bonchev–Trinajstić information content (AvgIpc) is 2.75. The van der Waals surface area contributed by atoms with Gasteiger partial charge in [-0.2, -0.15) is 0 Å². The molecule has 0 amide bonds. The van der Waals surface area contributed by atoms with Gasteiger partial charge in [-0.1, -0.05) is 19.9 Å².